The average molecular weight is 257 g/mol. The van der Waals surface area contributed by atoms with Gasteiger partial charge in [0.1, 0.15) is 5.78 Å². The molecule has 0 fully saturated rings. The summed E-state index contributed by atoms with van der Waals surface area (Å²) in [6, 6.07) is 9.22. The molecule has 1 aromatic rings. The summed E-state index contributed by atoms with van der Waals surface area (Å²) in [5, 5.41) is 3.09. The second kappa shape index (κ2) is 6.92. The fourth-order valence-electron chi connectivity index (χ4n) is 1.58. The first kappa shape index (κ1) is 14.4. The summed E-state index contributed by atoms with van der Waals surface area (Å²) in [7, 11) is -2.39. The first-order valence-corrected chi connectivity index (χ1v) is 7.43. The molecule has 0 spiro atoms. The van der Waals surface area contributed by atoms with Gasteiger partial charge in [-0.05, 0) is 18.5 Å². The summed E-state index contributed by atoms with van der Waals surface area (Å²) in [5.74, 6) is -0.653. The van der Waals surface area contributed by atoms with Gasteiger partial charge in [0, 0.05) is 7.11 Å². The number of hydrogen-bond acceptors (Lipinski definition) is 3. The molecule has 2 atom stereocenters. The Morgan fingerprint density at radius 2 is 2.06 bits per heavy atom. The van der Waals surface area contributed by atoms with Gasteiger partial charge >= 0.3 is 7.60 Å². The van der Waals surface area contributed by atoms with Crippen LogP contribution in [0.4, 0.5) is 0 Å². The van der Waals surface area contributed by atoms with Crippen LogP contribution in [0.5, 0.6) is 0 Å². The number of rotatable bonds is 7. The summed E-state index contributed by atoms with van der Waals surface area (Å²) in [6.45, 7) is 2.78. The molecule has 0 saturated carbocycles. The average Bonchev–Trinajstić information content (AvgIpc) is 2.35. The van der Waals surface area contributed by atoms with E-state index in [1.54, 1.807) is 0 Å². The lowest BCUT2D eigenvalue weighted by Crippen LogP contribution is -2.23. The Hall–Kier alpha value is -0.670. The molecule has 17 heavy (non-hydrogen) atoms. The fraction of sp³-hybridized carbons (Fsp3) is 0.500. The van der Waals surface area contributed by atoms with Crippen LogP contribution in [0.15, 0.2) is 30.3 Å². The van der Waals surface area contributed by atoms with E-state index in [0.29, 0.717) is 6.54 Å². The van der Waals surface area contributed by atoms with E-state index in [4.69, 9.17) is 4.52 Å². The lowest BCUT2D eigenvalue weighted by molar-refractivity contribution is 0.296. The highest BCUT2D eigenvalue weighted by Gasteiger charge is 2.31. The predicted octanol–water partition coefficient (Wildman–Crippen LogP) is 2.91. The van der Waals surface area contributed by atoms with Crippen molar-refractivity contribution in [3.63, 3.8) is 0 Å². The van der Waals surface area contributed by atoms with Crippen LogP contribution in [0.3, 0.4) is 0 Å². The van der Waals surface area contributed by atoms with E-state index >= 15 is 0 Å². The van der Waals surface area contributed by atoms with Crippen LogP contribution in [0.2, 0.25) is 0 Å². The molecule has 0 amide bonds. The van der Waals surface area contributed by atoms with Gasteiger partial charge in [0.25, 0.3) is 0 Å². The monoisotopic (exact) mass is 257 g/mol. The van der Waals surface area contributed by atoms with Crippen LogP contribution in [0.25, 0.3) is 0 Å². The highest BCUT2D eigenvalue weighted by atomic mass is 31.2. The highest BCUT2D eigenvalue weighted by Crippen LogP contribution is 2.54. The number of benzene rings is 1. The third-order valence-corrected chi connectivity index (χ3v) is 4.23. The predicted molar refractivity (Wildman–Crippen MR) is 68.9 cm³/mol. The second-order valence-corrected chi connectivity index (χ2v) is 5.88. The molecule has 96 valence electrons. The van der Waals surface area contributed by atoms with Crippen LogP contribution >= 0.6 is 7.60 Å². The molecule has 0 heterocycles. The van der Waals surface area contributed by atoms with Crippen LogP contribution in [0, 0.1) is 0 Å². The molecule has 2 unspecified atom stereocenters. The Labute approximate surface area is 103 Å². The normalized spacial score (nSPS) is 16.4. The van der Waals surface area contributed by atoms with Gasteiger partial charge < -0.3 is 9.42 Å². The summed E-state index contributed by atoms with van der Waals surface area (Å²) >= 11 is 0. The van der Waals surface area contributed by atoms with E-state index in [9.17, 15) is 9.46 Å². The Morgan fingerprint density at radius 3 is 2.59 bits per heavy atom. The molecule has 0 aromatic heterocycles. The molecule has 1 rings (SSSR count). The largest absolute Gasteiger partial charge is 0.349 e. The maximum atomic E-state index is 11.9. The smallest absolute Gasteiger partial charge is 0.323 e. The minimum Gasteiger partial charge on any atom is -0.323 e. The maximum absolute atomic E-state index is 11.9. The highest BCUT2D eigenvalue weighted by molar-refractivity contribution is 7.53. The van der Waals surface area contributed by atoms with E-state index < -0.39 is 13.4 Å². The van der Waals surface area contributed by atoms with Crippen molar-refractivity contribution in [1.29, 1.82) is 0 Å². The van der Waals surface area contributed by atoms with Gasteiger partial charge in [0.2, 0.25) is 0 Å². The van der Waals surface area contributed by atoms with Gasteiger partial charge in [-0.15, -0.1) is 0 Å². The molecule has 0 radical (unpaired) electrons. The van der Waals surface area contributed by atoms with Crippen LogP contribution in [-0.4, -0.2) is 18.5 Å². The van der Waals surface area contributed by atoms with Gasteiger partial charge in [-0.1, -0.05) is 43.7 Å². The zero-order chi connectivity index (χ0) is 12.7. The van der Waals surface area contributed by atoms with Crippen LogP contribution in [-0.2, 0) is 9.09 Å². The van der Waals surface area contributed by atoms with Crippen molar-refractivity contribution in [1.82, 2.24) is 5.32 Å². The maximum Gasteiger partial charge on any atom is 0.349 e. The lowest BCUT2D eigenvalue weighted by atomic mass is 10.2. The molecule has 0 saturated heterocycles. The van der Waals surface area contributed by atoms with Crippen molar-refractivity contribution in [2.45, 2.75) is 25.5 Å². The van der Waals surface area contributed by atoms with Crippen molar-refractivity contribution in [2.24, 2.45) is 0 Å². The third-order valence-electron chi connectivity index (χ3n) is 2.57. The van der Waals surface area contributed by atoms with E-state index in [1.165, 1.54) is 7.11 Å². The van der Waals surface area contributed by atoms with Gasteiger partial charge in [0.05, 0.1) is 0 Å². The number of nitrogens with one attached hydrogen (secondary N) is 1. The SMILES string of the molecule is CCCCNC(c1ccccc1)P(=O)(O)OC. The standard InChI is InChI=1S/C12H20NO3P/c1-3-4-10-13-12(17(14,15)16-2)11-8-6-5-7-9-11/h5-9,12-13H,3-4,10H2,1-2H3,(H,14,15). The van der Waals surface area contributed by atoms with E-state index in [2.05, 4.69) is 12.2 Å². The third kappa shape index (κ3) is 4.25. The molecule has 0 aliphatic carbocycles. The molecule has 0 aliphatic rings. The molecule has 0 aliphatic heterocycles. The molecular formula is C12H20NO3P. The molecular weight excluding hydrogens is 237 g/mol. The molecule has 5 heteroatoms. The summed E-state index contributed by atoms with van der Waals surface area (Å²) < 4.78 is 16.7. The second-order valence-electron chi connectivity index (χ2n) is 3.87. The topological polar surface area (TPSA) is 58.6 Å². The van der Waals surface area contributed by atoms with Crippen LogP contribution < -0.4 is 5.32 Å². The Balaban J connectivity index is 2.83. The van der Waals surface area contributed by atoms with E-state index in [1.807, 2.05) is 30.3 Å². The fourth-order valence-corrected chi connectivity index (χ4v) is 2.70. The number of unbranched alkanes of at least 4 members (excludes halogenated alkanes) is 1. The van der Waals surface area contributed by atoms with Crippen molar-refractivity contribution in [3.05, 3.63) is 35.9 Å². The molecule has 0 bridgehead atoms. The van der Waals surface area contributed by atoms with Crippen molar-refractivity contribution < 1.29 is 14.0 Å². The van der Waals surface area contributed by atoms with Gasteiger partial charge in [-0.25, -0.2) is 0 Å². The first-order valence-electron chi connectivity index (χ1n) is 5.78. The first-order chi connectivity index (χ1) is 8.11. The minimum atomic E-state index is -3.66. The van der Waals surface area contributed by atoms with Gasteiger partial charge in [-0.3, -0.25) is 9.88 Å². The summed E-state index contributed by atoms with van der Waals surface area (Å²) in [5.41, 5.74) is 0.774. The summed E-state index contributed by atoms with van der Waals surface area (Å²) in [4.78, 5) is 9.81. The van der Waals surface area contributed by atoms with Crippen molar-refractivity contribution in [3.8, 4) is 0 Å². The molecule has 4 nitrogen and oxygen atoms in total. The Kier molecular flexibility index (Phi) is 5.86. The van der Waals surface area contributed by atoms with E-state index in [-0.39, 0.29) is 0 Å². The molecule has 1 aromatic carbocycles. The van der Waals surface area contributed by atoms with E-state index in [0.717, 1.165) is 18.4 Å². The molecule has 2 N–H and O–H groups in total. The minimum absolute atomic E-state index is 0.653. The Bertz CT molecular complexity index is 369. The quantitative estimate of drug-likeness (QED) is 0.582. The van der Waals surface area contributed by atoms with Crippen molar-refractivity contribution >= 4 is 7.60 Å². The van der Waals surface area contributed by atoms with Gasteiger partial charge in [-0.2, -0.15) is 0 Å². The Morgan fingerprint density at radius 1 is 1.41 bits per heavy atom. The van der Waals surface area contributed by atoms with Crippen molar-refractivity contribution in [2.75, 3.05) is 13.7 Å². The number of hydrogen-bond donors (Lipinski definition) is 2. The zero-order valence-corrected chi connectivity index (χ0v) is 11.2. The van der Waals surface area contributed by atoms with Crippen LogP contribution in [0.1, 0.15) is 31.1 Å². The summed E-state index contributed by atoms with van der Waals surface area (Å²) in [6.07, 6.45) is 2.00. The van der Waals surface area contributed by atoms with Gasteiger partial charge in [0.15, 0.2) is 0 Å². The lowest BCUT2D eigenvalue weighted by Gasteiger charge is -2.22. The zero-order valence-electron chi connectivity index (χ0n) is 10.3.